The molecule has 0 saturated carbocycles. The predicted molar refractivity (Wildman–Crippen MR) is 79.5 cm³/mol. The second-order valence-electron chi connectivity index (χ2n) is 4.92. The molecular formula is C16H16N2O2. The number of carbonyl (C=O) groups is 1. The summed E-state index contributed by atoms with van der Waals surface area (Å²) in [6, 6.07) is 11.7. The molecule has 0 atom stereocenters. The Balaban J connectivity index is 2.44. The summed E-state index contributed by atoms with van der Waals surface area (Å²) < 4.78 is 7.28. The van der Waals surface area contributed by atoms with Crippen LogP contribution in [0.2, 0.25) is 0 Å². The van der Waals surface area contributed by atoms with Gasteiger partial charge in [-0.2, -0.15) is 0 Å². The van der Waals surface area contributed by atoms with Gasteiger partial charge in [0.2, 0.25) is 0 Å². The average molecular weight is 268 g/mol. The van der Waals surface area contributed by atoms with E-state index in [2.05, 4.69) is 0 Å². The van der Waals surface area contributed by atoms with Crippen molar-refractivity contribution in [3.63, 3.8) is 0 Å². The van der Waals surface area contributed by atoms with Crippen LogP contribution in [0.25, 0.3) is 16.4 Å². The first kappa shape index (κ1) is 12.5. The van der Waals surface area contributed by atoms with Crippen LogP contribution in [0.3, 0.4) is 0 Å². The highest BCUT2D eigenvalue weighted by atomic mass is 16.5. The average Bonchev–Trinajstić information content (AvgIpc) is 2.80. The van der Waals surface area contributed by atoms with Crippen LogP contribution in [-0.4, -0.2) is 36.4 Å². The lowest BCUT2D eigenvalue weighted by atomic mass is 10.1. The molecule has 0 radical (unpaired) electrons. The molecule has 2 aromatic heterocycles. The number of para-hydroxylation sites is 1. The van der Waals surface area contributed by atoms with Gasteiger partial charge in [0.05, 0.1) is 29.9 Å². The van der Waals surface area contributed by atoms with Gasteiger partial charge in [-0.1, -0.05) is 18.2 Å². The summed E-state index contributed by atoms with van der Waals surface area (Å²) in [5.41, 5.74) is 2.63. The van der Waals surface area contributed by atoms with Gasteiger partial charge in [-0.3, -0.25) is 4.79 Å². The van der Waals surface area contributed by atoms with E-state index in [-0.39, 0.29) is 5.91 Å². The number of methoxy groups -OCH3 is 1. The summed E-state index contributed by atoms with van der Waals surface area (Å²) in [5.74, 6) is 0.774. The van der Waals surface area contributed by atoms with E-state index in [1.54, 1.807) is 26.1 Å². The maximum Gasteiger partial charge on any atom is 0.256 e. The fourth-order valence-electron chi connectivity index (χ4n) is 2.49. The Labute approximate surface area is 117 Å². The number of nitrogens with zero attached hydrogens (tertiary/aromatic N) is 2. The van der Waals surface area contributed by atoms with Crippen molar-refractivity contribution in [2.45, 2.75) is 0 Å². The molecular weight excluding hydrogens is 252 g/mol. The zero-order valence-corrected chi connectivity index (χ0v) is 11.8. The smallest absolute Gasteiger partial charge is 0.256 e. The van der Waals surface area contributed by atoms with E-state index in [1.165, 1.54) is 0 Å². The molecule has 0 unspecified atom stereocenters. The number of aromatic nitrogens is 1. The zero-order chi connectivity index (χ0) is 14.3. The SMILES string of the molecule is COc1ccc2c(C(=O)N(C)C)c3ccccc3n2c1. The number of hydrogen-bond acceptors (Lipinski definition) is 2. The molecule has 20 heavy (non-hydrogen) atoms. The Morgan fingerprint density at radius 1 is 1.10 bits per heavy atom. The van der Waals surface area contributed by atoms with Crippen molar-refractivity contribution in [2.75, 3.05) is 21.2 Å². The molecule has 1 amide bonds. The van der Waals surface area contributed by atoms with Gasteiger partial charge in [0.15, 0.2) is 0 Å². The van der Waals surface area contributed by atoms with Crippen molar-refractivity contribution in [3.8, 4) is 5.75 Å². The zero-order valence-electron chi connectivity index (χ0n) is 11.8. The first-order valence-electron chi connectivity index (χ1n) is 6.42. The van der Waals surface area contributed by atoms with Crippen molar-refractivity contribution in [1.82, 2.24) is 9.30 Å². The Morgan fingerprint density at radius 3 is 2.55 bits per heavy atom. The summed E-state index contributed by atoms with van der Waals surface area (Å²) in [6.45, 7) is 0. The Morgan fingerprint density at radius 2 is 1.85 bits per heavy atom. The van der Waals surface area contributed by atoms with Crippen LogP contribution in [0.5, 0.6) is 5.75 Å². The molecule has 3 aromatic rings. The molecule has 2 heterocycles. The number of carbonyl (C=O) groups excluding carboxylic acids is 1. The lowest BCUT2D eigenvalue weighted by Crippen LogP contribution is -2.21. The van der Waals surface area contributed by atoms with Gasteiger partial charge in [-0.05, 0) is 18.2 Å². The van der Waals surface area contributed by atoms with Gasteiger partial charge in [0.25, 0.3) is 5.91 Å². The maximum absolute atomic E-state index is 12.5. The molecule has 0 bridgehead atoms. The minimum absolute atomic E-state index is 0.00821. The number of amides is 1. The van der Waals surface area contributed by atoms with Crippen LogP contribution < -0.4 is 4.74 Å². The quantitative estimate of drug-likeness (QED) is 0.716. The summed E-state index contributed by atoms with van der Waals surface area (Å²) in [5, 5.41) is 0.958. The fraction of sp³-hybridized carbons (Fsp3) is 0.188. The number of ether oxygens (including phenoxy) is 1. The molecule has 1 aromatic carbocycles. The second kappa shape index (κ2) is 4.56. The molecule has 4 heteroatoms. The number of rotatable bonds is 2. The van der Waals surface area contributed by atoms with E-state index >= 15 is 0 Å². The Bertz CT molecular complexity index is 803. The molecule has 0 aliphatic rings. The Hall–Kier alpha value is -2.49. The van der Waals surface area contributed by atoms with E-state index < -0.39 is 0 Å². The Kier molecular flexibility index (Phi) is 2.86. The van der Waals surface area contributed by atoms with Crippen LogP contribution in [0, 0.1) is 0 Å². The third kappa shape index (κ3) is 1.72. The van der Waals surface area contributed by atoms with Crippen LogP contribution in [0.15, 0.2) is 42.6 Å². The van der Waals surface area contributed by atoms with Crippen molar-refractivity contribution >= 4 is 22.3 Å². The van der Waals surface area contributed by atoms with Crippen molar-refractivity contribution in [3.05, 3.63) is 48.2 Å². The summed E-state index contributed by atoms with van der Waals surface area (Å²) in [7, 11) is 5.17. The summed E-state index contributed by atoms with van der Waals surface area (Å²) in [6.07, 6.45) is 1.91. The topological polar surface area (TPSA) is 34.0 Å². The highest BCUT2D eigenvalue weighted by molar-refractivity contribution is 6.13. The first-order valence-corrected chi connectivity index (χ1v) is 6.42. The van der Waals surface area contributed by atoms with Gasteiger partial charge in [-0.25, -0.2) is 0 Å². The van der Waals surface area contributed by atoms with Crippen LogP contribution in [0.4, 0.5) is 0 Å². The van der Waals surface area contributed by atoms with E-state index in [1.807, 2.05) is 47.0 Å². The number of benzene rings is 1. The van der Waals surface area contributed by atoms with Crippen LogP contribution in [0.1, 0.15) is 10.4 Å². The summed E-state index contributed by atoms with van der Waals surface area (Å²) >= 11 is 0. The van der Waals surface area contributed by atoms with Gasteiger partial charge < -0.3 is 14.0 Å². The first-order chi connectivity index (χ1) is 9.63. The largest absolute Gasteiger partial charge is 0.495 e. The molecule has 0 aliphatic heterocycles. The van der Waals surface area contributed by atoms with E-state index in [0.717, 1.165) is 27.7 Å². The monoisotopic (exact) mass is 268 g/mol. The molecule has 0 spiro atoms. The summed E-state index contributed by atoms with van der Waals surface area (Å²) in [4.78, 5) is 14.1. The molecule has 0 N–H and O–H groups in total. The number of hydrogen-bond donors (Lipinski definition) is 0. The lowest BCUT2D eigenvalue weighted by molar-refractivity contribution is 0.0831. The van der Waals surface area contributed by atoms with E-state index in [0.29, 0.717) is 0 Å². The minimum atomic E-state index is 0.00821. The second-order valence-corrected chi connectivity index (χ2v) is 4.92. The van der Waals surface area contributed by atoms with Crippen molar-refractivity contribution in [2.24, 2.45) is 0 Å². The molecule has 0 fully saturated rings. The van der Waals surface area contributed by atoms with Crippen molar-refractivity contribution in [1.29, 1.82) is 0 Å². The van der Waals surface area contributed by atoms with Crippen LogP contribution in [-0.2, 0) is 0 Å². The predicted octanol–water partition coefficient (Wildman–Crippen LogP) is 2.80. The highest BCUT2D eigenvalue weighted by Crippen LogP contribution is 2.29. The van der Waals surface area contributed by atoms with E-state index in [9.17, 15) is 4.79 Å². The normalized spacial score (nSPS) is 10.9. The minimum Gasteiger partial charge on any atom is -0.495 e. The number of pyridine rings is 1. The fourth-order valence-corrected chi connectivity index (χ4v) is 2.49. The number of fused-ring (bicyclic) bond motifs is 3. The van der Waals surface area contributed by atoms with Gasteiger partial charge in [0.1, 0.15) is 5.75 Å². The molecule has 3 rings (SSSR count). The molecule has 0 aliphatic carbocycles. The molecule has 4 nitrogen and oxygen atoms in total. The third-order valence-electron chi connectivity index (χ3n) is 3.47. The standard InChI is InChI=1S/C16H16N2O2/c1-17(2)16(19)15-12-6-4-5-7-13(12)18-10-11(20-3)8-9-14(15)18/h4-10H,1-3H3. The lowest BCUT2D eigenvalue weighted by Gasteiger charge is -2.10. The third-order valence-corrected chi connectivity index (χ3v) is 3.47. The highest BCUT2D eigenvalue weighted by Gasteiger charge is 2.19. The van der Waals surface area contributed by atoms with Crippen molar-refractivity contribution < 1.29 is 9.53 Å². The van der Waals surface area contributed by atoms with E-state index in [4.69, 9.17) is 4.74 Å². The maximum atomic E-state index is 12.5. The molecule has 0 saturated heterocycles. The van der Waals surface area contributed by atoms with Gasteiger partial charge >= 0.3 is 0 Å². The molecule has 102 valence electrons. The van der Waals surface area contributed by atoms with Gasteiger partial charge in [-0.15, -0.1) is 0 Å². The van der Waals surface area contributed by atoms with Crippen LogP contribution >= 0.6 is 0 Å². The van der Waals surface area contributed by atoms with Gasteiger partial charge in [0, 0.05) is 19.5 Å².